The molecule has 1 aliphatic heterocycles. The highest BCUT2D eigenvalue weighted by molar-refractivity contribution is 6.18. The van der Waals surface area contributed by atoms with E-state index in [9.17, 15) is 4.79 Å². The molecule has 0 radical (unpaired) electrons. The summed E-state index contributed by atoms with van der Waals surface area (Å²) in [4.78, 5) is 11.8. The third-order valence-corrected chi connectivity index (χ3v) is 3.10. The SMILES string of the molecule is CCOC(=O)/C(C(C)=N)=C(\C)NCCC1(C)OCCO1. The highest BCUT2D eigenvalue weighted by atomic mass is 16.7. The van der Waals surface area contributed by atoms with Crippen molar-refractivity contribution in [3.8, 4) is 0 Å². The van der Waals surface area contributed by atoms with Crippen LogP contribution in [0.1, 0.15) is 34.1 Å². The maximum absolute atomic E-state index is 11.8. The Balaban J connectivity index is 2.59. The lowest BCUT2D eigenvalue weighted by molar-refractivity contribution is -0.145. The molecule has 6 heteroatoms. The van der Waals surface area contributed by atoms with E-state index in [1.54, 1.807) is 20.8 Å². The first-order chi connectivity index (χ1) is 9.39. The maximum atomic E-state index is 11.8. The van der Waals surface area contributed by atoms with Crippen LogP contribution in [0.2, 0.25) is 0 Å². The van der Waals surface area contributed by atoms with Gasteiger partial charge in [0.25, 0.3) is 0 Å². The summed E-state index contributed by atoms with van der Waals surface area (Å²) >= 11 is 0. The number of rotatable bonds is 7. The summed E-state index contributed by atoms with van der Waals surface area (Å²) in [6.07, 6.45) is 0.664. The average molecular weight is 284 g/mol. The van der Waals surface area contributed by atoms with Crippen LogP contribution in [0.4, 0.5) is 0 Å². The monoisotopic (exact) mass is 284 g/mol. The van der Waals surface area contributed by atoms with Crippen molar-refractivity contribution in [3.05, 3.63) is 11.3 Å². The van der Waals surface area contributed by atoms with Gasteiger partial charge in [-0.3, -0.25) is 0 Å². The number of ether oxygens (including phenoxy) is 3. The lowest BCUT2D eigenvalue weighted by Gasteiger charge is -2.23. The highest BCUT2D eigenvalue weighted by Gasteiger charge is 2.30. The van der Waals surface area contributed by atoms with Gasteiger partial charge in [-0.05, 0) is 27.7 Å². The molecule has 2 N–H and O–H groups in total. The number of esters is 1. The van der Waals surface area contributed by atoms with E-state index in [1.165, 1.54) is 0 Å². The van der Waals surface area contributed by atoms with E-state index in [0.717, 1.165) is 0 Å². The zero-order valence-corrected chi connectivity index (χ0v) is 12.7. The molecule has 0 aromatic rings. The molecule has 6 nitrogen and oxygen atoms in total. The topological polar surface area (TPSA) is 80.6 Å². The van der Waals surface area contributed by atoms with Crippen molar-refractivity contribution in [1.29, 1.82) is 5.41 Å². The molecular weight excluding hydrogens is 260 g/mol. The Morgan fingerprint density at radius 2 is 1.95 bits per heavy atom. The summed E-state index contributed by atoms with van der Waals surface area (Å²) in [6.45, 7) is 9.09. The fourth-order valence-electron chi connectivity index (χ4n) is 2.06. The van der Waals surface area contributed by atoms with Crippen molar-refractivity contribution in [2.75, 3.05) is 26.4 Å². The summed E-state index contributed by atoms with van der Waals surface area (Å²) in [5.41, 5.74) is 1.11. The van der Waals surface area contributed by atoms with Crippen molar-refractivity contribution in [3.63, 3.8) is 0 Å². The number of hydrogen-bond acceptors (Lipinski definition) is 6. The summed E-state index contributed by atoms with van der Waals surface area (Å²) in [6, 6.07) is 0. The predicted octanol–water partition coefficient (Wildman–Crippen LogP) is 1.61. The van der Waals surface area contributed by atoms with Gasteiger partial charge in [-0.15, -0.1) is 0 Å². The normalized spacial score (nSPS) is 18.4. The molecule has 1 fully saturated rings. The van der Waals surface area contributed by atoms with E-state index >= 15 is 0 Å². The molecule has 0 amide bonds. The quantitative estimate of drug-likeness (QED) is 0.422. The Labute approximate surface area is 120 Å². The second-order valence-electron chi connectivity index (χ2n) is 4.85. The number of nitrogens with one attached hydrogen (secondary N) is 2. The minimum Gasteiger partial charge on any atom is -0.462 e. The lowest BCUT2D eigenvalue weighted by atomic mass is 10.1. The third-order valence-electron chi connectivity index (χ3n) is 3.10. The van der Waals surface area contributed by atoms with E-state index in [-0.39, 0.29) is 11.3 Å². The molecule has 0 aromatic heterocycles. The minimum atomic E-state index is -0.558. The molecule has 0 atom stereocenters. The van der Waals surface area contributed by atoms with Gasteiger partial charge in [0, 0.05) is 24.4 Å². The minimum absolute atomic E-state index is 0.188. The van der Waals surface area contributed by atoms with E-state index < -0.39 is 11.8 Å². The van der Waals surface area contributed by atoms with Gasteiger partial charge in [0.15, 0.2) is 5.79 Å². The zero-order chi connectivity index (χ0) is 15.2. The first-order valence-electron chi connectivity index (χ1n) is 6.85. The molecule has 1 rings (SSSR count). The standard InChI is InChI=1S/C14H24N2O4/c1-5-18-13(17)12(10(2)15)11(3)16-7-6-14(4)19-8-9-20-14/h15-16H,5-9H2,1-4H3/b12-11+,15-10?. The molecule has 1 heterocycles. The molecule has 0 bridgehead atoms. The third kappa shape index (κ3) is 4.61. The van der Waals surface area contributed by atoms with Crippen LogP contribution in [0.15, 0.2) is 11.3 Å². The van der Waals surface area contributed by atoms with Gasteiger partial charge in [-0.25, -0.2) is 4.79 Å². The molecule has 0 aliphatic carbocycles. The van der Waals surface area contributed by atoms with Crippen molar-refractivity contribution < 1.29 is 19.0 Å². The Hall–Kier alpha value is -1.40. The Bertz CT molecular complexity index is 398. The van der Waals surface area contributed by atoms with Gasteiger partial charge in [0.2, 0.25) is 0 Å². The van der Waals surface area contributed by atoms with Gasteiger partial charge in [-0.1, -0.05) is 0 Å². The van der Waals surface area contributed by atoms with Crippen molar-refractivity contribution >= 4 is 11.7 Å². The maximum Gasteiger partial charge on any atom is 0.341 e. The second-order valence-corrected chi connectivity index (χ2v) is 4.85. The van der Waals surface area contributed by atoms with Crippen LogP contribution in [-0.4, -0.2) is 43.8 Å². The van der Waals surface area contributed by atoms with E-state index in [2.05, 4.69) is 5.32 Å². The fraction of sp³-hybridized carbons (Fsp3) is 0.714. The molecular formula is C14H24N2O4. The molecule has 0 unspecified atom stereocenters. The van der Waals surface area contributed by atoms with Gasteiger partial charge in [-0.2, -0.15) is 0 Å². The summed E-state index contributed by atoms with van der Waals surface area (Å²) < 4.78 is 16.0. The van der Waals surface area contributed by atoms with Gasteiger partial charge >= 0.3 is 5.97 Å². The molecule has 20 heavy (non-hydrogen) atoms. The smallest absolute Gasteiger partial charge is 0.341 e. The molecule has 0 saturated carbocycles. The number of carbonyl (C=O) groups is 1. The second kappa shape index (κ2) is 7.40. The number of carbonyl (C=O) groups excluding carboxylic acids is 1. The van der Waals surface area contributed by atoms with Crippen LogP contribution in [0.5, 0.6) is 0 Å². The Morgan fingerprint density at radius 3 is 2.45 bits per heavy atom. The molecule has 0 aromatic carbocycles. The summed E-state index contributed by atoms with van der Waals surface area (Å²) in [5, 5.41) is 10.8. The van der Waals surface area contributed by atoms with Gasteiger partial charge < -0.3 is 24.9 Å². The van der Waals surface area contributed by atoms with Crippen LogP contribution in [-0.2, 0) is 19.0 Å². The first kappa shape index (κ1) is 16.7. The fourth-order valence-corrected chi connectivity index (χ4v) is 2.06. The number of allylic oxidation sites excluding steroid dienone is 1. The van der Waals surface area contributed by atoms with Crippen LogP contribution in [0, 0.1) is 5.41 Å². The first-order valence-corrected chi connectivity index (χ1v) is 6.85. The summed E-state index contributed by atoms with van der Waals surface area (Å²) in [5.74, 6) is -1.03. The Morgan fingerprint density at radius 1 is 1.35 bits per heavy atom. The van der Waals surface area contributed by atoms with E-state index in [0.29, 0.717) is 38.5 Å². The van der Waals surface area contributed by atoms with Crippen LogP contribution >= 0.6 is 0 Å². The van der Waals surface area contributed by atoms with Crippen LogP contribution in [0.3, 0.4) is 0 Å². The predicted molar refractivity (Wildman–Crippen MR) is 75.7 cm³/mol. The molecule has 1 saturated heterocycles. The molecule has 0 spiro atoms. The van der Waals surface area contributed by atoms with Gasteiger partial charge in [0.05, 0.1) is 25.4 Å². The van der Waals surface area contributed by atoms with Crippen molar-refractivity contribution in [1.82, 2.24) is 5.32 Å². The Kier molecular flexibility index (Phi) is 6.16. The van der Waals surface area contributed by atoms with Gasteiger partial charge in [0.1, 0.15) is 0 Å². The average Bonchev–Trinajstić information content (AvgIpc) is 2.76. The molecule has 1 aliphatic rings. The van der Waals surface area contributed by atoms with Crippen molar-refractivity contribution in [2.24, 2.45) is 0 Å². The van der Waals surface area contributed by atoms with Crippen molar-refractivity contribution in [2.45, 2.75) is 39.9 Å². The van der Waals surface area contributed by atoms with Crippen LogP contribution in [0.25, 0.3) is 0 Å². The zero-order valence-electron chi connectivity index (χ0n) is 12.7. The largest absolute Gasteiger partial charge is 0.462 e. The number of hydrogen-bond donors (Lipinski definition) is 2. The highest BCUT2D eigenvalue weighted by Crippen LogP contribution is 2.21. The summed E-state index contributed by atoms with van der Waals surface area (Å²) in [7, 11) is 0. The van der Waals surface area contributed by atoms with E-state index in [1.807, 2.05) is 6.92 Å². The van der Waals surface area contributed by atoms with Crippen LogP contribution < -0.4 is 5.32 Å². The molecule has 114 valence electrons. The lowest BCUT2D eigenvalue weighted by Crippen LogP contribution is -2.31. The van der Waals surface area contributed by atoms with E-state index in [4.69, 9.17) is 19.6 Å².